The van der Waals surface area contributed by atoms with Gasteiger partial charge in [0.1, 0.15) is 5.69 Å². The number of nitrogens with zero attached hydrogens (tertiary/aromatic N) is 3. The number of hydrogen-bond acceptors (Lipinski definition) is 3. The SMILES string of the molecule is CN(C)CCn1ncc(Cl)c1C(=O)Cc1ccccc1Cl. The van der Waals surface area contributed by atoms with Crippen LogP contribution in [-0.4, -0.2) is 41.1 Å². The zero-order valence-electron chi connectivity index (χ0n) is 12.0. The molecule has 0 unspecified atom stereocenters. The number of aromatic nitrogens is 2. The van der Waals surface area contributed by atoms with Crippen LogP contribution in [0.4, 0.5) is 0 Å². The first-order chi connectivity index (χ1) is 9.99. The van der Waals surface area contributed by atoms with Crippen LogP contribution in [0.15, 0.2) is 30.5 Å². The van der Waals surface area contributed by atoms with E-state index in [1.165, 1.54) is 6.20 Å². The molecule has 6 heteroatoms. The Kier molecular flexibility index (Phi) is 5.39. The second kappa shape index (κ2) is 7.07. The van der Waals surface area contributed by atoms with E-state index in [0.29, 0.717) is 22.3 Å². The Labute approximate surface area is 134 Å². The number of hydrogen-bond donors (Lipinski definition) is 0. The number of halogens is 2. The van der Waals surface area contributed by atoms with Gasteiger partial charge in [0.2, 0.25) is 0 Å². The molecular weight excluding hydrogens is 309 g/mol. The number of Topliss-reactive ketones (excluding diaryl/α,β-unsaturated/α-hetero) is 1. The molecule has 0 N–H and O–H groups in total. The standard InChI is InChI=1S/C15H17Cl2N3O/c1-19(2)7-8-20-15(13(17)10-18-20)14(21)9-11-5-3-4-6-12(11)16/h3-6,10H,7-9H2,1-2H3. The third-order valence-electron chi connectivity index (χ3n) is 3.13. The van der Waals surface area contributed by atoms with E-state index in [1.807, 2.05) is 37.2 Å². The molecular formula is C15H17Cl2N3O. The molecule has 4 nitrogen and oxygen atoms in total. The van der Waals surface area contributed by atoms with Crippen LogP contribution in [0.3, 0.4) is 0 Å². The summed E-state index contributed by atoms with van der Waals surface area (Å²) in [5.41, 5.74) is 1.24. The van der Waals surface area contributed by atoms with Crippen LogP contribution in [-0.2, 0) is 13.0 Å². The molecule has 21 heavy (non-hydrogen) atoms. The van der Waals surface area contributed by atoms with Gasteiger partial charge in [-0.25, -0.2) is 0 Å². The normalized spacial score (nSPS) is 11.1. The predicted molar refractivity (Wildman–Crippen MR) is 85.3 cm³/mol. The molecule has 0 aliphatic heterocycles. The smallest absolute Gasteiger partial charge is 0.186 e. The van der Waals surface area contributed by atoms with Gasteiger partial charge < -0.3 is 4.90 Å². The molecule has 0 saturated heterocycles. The predicted octanol–water partition coefficient (Wildman–Crippen LogP) is 3.18. The molecule has 2 rings (SSSR count). The number of carbonyl (C=O) groups is 1. The van der Waals surface area contributed by atoms with Crippen LogP contribution in [0.1, 0.15) is 16.1 Å². The van der Waals surface area contributed by atoms with Gasteiger partial charge in [-0.05, 0) is 25.7 Å². The van der Waals surface area contributed by atoms with Crippen LogP contribution in [0.5, 0.6) is 0 Å². The summed E-state index contributed by atoms with van der Waals surface area (Å²) in [5, 5.41) is 5.14. The Morgan fingerprint density at radius 3 is 2.62 bits per heavy atom. The van der Waals surface area contributed by atoms with E-state index in [-0.39, 0.29) is 12.2 Å². The van der Waals surface area contributed by atoms with Crippen LogP contribution < -0.4 is 0 Å². The average Bonchev–Trinajstić information content (AvgIpc) is 2.80. The highest BCUT2D eigenvalue weighted by molar-refractivity contribution is 6.34. The van der Waals surface area contributed by atoms with Crippen LogP contribution in [0, 0.1) is 0 Å². The molecule has 1 aromatic heterocycles. The molecule has 0 atom stereocenters. The maximum Gasteiger partial charge on any atom is 0.186 e. The zero-order chi connectivity index (χ0) is 15.4. The molecule has 0 radical (unpaired) electrons. The highest BCUT2D eigenvalue weighted by atomic mass is 35.5. The van der Waals surface area contributed by atoms with Crippen molar-refractivity contribution in [3.05, 3.63) is 51.8 Å². The van der Waals surface area contributed by atoms with Crippen LogP contribution in [0.25, 0.3) is 0 Å². The lowest BCUT2D eigenvalue weighted by Crippen LogP contribution is -2.22. The molecule has 0 amide bonds. The van der Waals surface area contributed by atoms with Gasteiger partial charge in [0.05, 0.1) is 17.8 Å². The maximum atomic E-state index is 12.5. The summed E-state index contributed by atoms with van der Waals surface area (Å²) in [4.78, 5) is 14.5. The third-order valence-corrected chi connectivity index (χ3v) is 3.77. The highest BCUT2D eigenvalue weighted by Crippen LogP contribution is 2.21. The molecule has 2 aromatic rings. The number of ketones is 1. The van der Waals surface area contributed by atoms with Crippen LogP contribution in [0.2, 0.25) is 10.0 Å². The van der Waals surface area contributed by atoms with Crippen molar-refractivity contribution in [3.8, 4) is 0 Å². The molecule has 0 fully saturated rings. The van der Waals surface area contributed by atoms with Gasteiger partial charge in [0.15, 0.2) is 5.78 Å². The van der Waals surface area contributed by atoms with E-state index in [2.05, 4.69) is 5.10 Å². The molecule has 0 spiro atoms. The van der Waals surface area contributed by atoms with Crippen molar-refractivity contribution in [1.82, 2.24) is 14.7 Å². The number of benzene rings is 1. The van der Waals surface area contributed by atoms with Gasteiger partial charge in [-0.1, -0.05) is 41.4 Å². The first kappa shape index (κ1) is 16.0. The fourth-order valence-corrected chi connectivity index (χ4v) is 2.45. The van der Waals surface area contributed by atoms with E-state index in [0.717, 1.165) is 12.1 Å². The fraction of sp³-hybridized carbons (Fsp3) is 0.333. The monoisotopic (exact) mass is 325 g/mol. The number of rotatable bonds is 6. The summed E-state index contributed by atoms with van der Waals surface area (Å²) >= 11 is 12.2. The Morgan fingerprint density at radius 1 is 1.24 bits per heavy atom. The summed E-state index contributed by atoms with van der Waals surface area (Å²) in [5.74, 6) is -0.0793. The van der Waals surface area contributed by atoms with Crippen molar-refractivity contribution in [2.75, 3.05) is 20.6 Å². The molecule has 1 aromatic carbocycles. The minimum Gasteiger partial charge on any atom is -0.308 e. The minimum atomic E-state index is -0.0793. The fourth-order valence-electron chi connectivity index (χ4n) is 2.00. The summed E-state index contributed by atoms with van der Waals surface area (Å²) in [6.07, 6.45) is 1.73. The van der Waals surface area contributed by atoms with E-state index >= 15 is 0 Å². The van der Waals surface area contributed by atoms with Crippen molar-refractivity contribution in [1.29, 1.82) is 0 Å². The van der Waals surface area contributed by atoms with Crippen molar-refractivity contribution in [2.24, 2.45) is 0 Å². The second-order valence-corrected chi connectivity index (χ2v) is 5.87. The lowest BCUT2D eigenvalue weighted by Gasteiger charge is -2.12. The van der Waals surface area contributed by atoms with Crippen molar-refractivity contribution in [2.45, 2.75) is 13.0 Å². The third kappa shape index (κ3) is 4.06. The lowest BCUT2D eigenvalue weighted by atomic mass is 10.1. The first-order valence-corrected chi connectivity index (χ1v) is 7.37. The Hall–Kier alpha value is -1.36. The molecule has 112 valence electrons. The minimum absolute atomic E-state index is 0.0793. The second-order valence-electron chi connectivity index (χ2n) is 5.06. The van der Waals surface area contributed by atoms with Gasteiger partial charge in [0.25, 0.3) is 0 Å². The first-order valence-electron chi connectivity index (χ1n) is 6.61. The number of likely N-dealkylation sites (N-methyl/N-ethyl adjacent to an activating group) is 1. The Bertz CT molecular complexity index is 638. The molecule has 1 heterocycles. The topological polar surface area (TPSA) is 38.1 Å². The average molecular weight is 326 g/mol. The van der Waals surface area contributed by atoms with E-state index in [4.69, 9.17) is 23.2 Å². The van der Waals surface area contributed by atoms with Gasteiger partial charge in [0, 0.05) is 18.0 Å². The van der Waals surface area contributed by atoms with E-state index in [9.17, 15) is 4.79 Å². The Balaban J connectivity index is 2.19. The Morgan fingerprint density at radius 2 is 1.95 bits per heavy atom. The van der Waals surface area contributed by atoms with Gasteiger partial charge >= 0.3 is 0 Å². The largest absolute Gasteiger partial charge is 0.308 e. The van der Waals surface area contributed by atoms with Crippen molar-refractivity contribution >= 4 is 29.0 Å². The van der Waals surface area contributed by atoms with Gasteiger partial charge in [-0.15, -0.1) is 0 Å². The molecule has 0 aliphatic carbocycles. The molecule has 0 aliphatic rings. The van der Waals surface area contributed by atoms with E-state index in [1.54, 1.807) is 10.7 Å². The van der Waals surface area contributed by atoms with Crippen LogP contribution >= 0.6 is 23.2 Å². The summed E-state index contributed by atoms with van der Waals surface area (Å²) in [7, 11) is 3.94. The number of carbonyl (C=O) groups excluding carboxylic acids is 1. The van der Waals surface area contributed by atoms with Crippen molar-refractivity contribution < 1.29 is 4.79 Å². The molecule has 0 bridgehead atoms. The lowest BCUT2D eigenvalue weighted by molar-refractivity contribution is 0.0982. The highest BCUT2D eigenvalue weighted by Gasteiger charge is 2.18. The molecule has 0 saturated carbocycles. The zero-order valence-corrected chi connectivity index (χ0v) is 13.5. The van der Waals surface area contributed by atoms with E-state index < -0.39 is 0 Å². The summed E-state index contributed by atoms with van der Waals surface area (Å²) < 4.78 is 1.65. The maximum absolute atomic E-state index is 12.5. The van der Waals surface area contributed by atoms with Crippen molar-refractivity contribution in [3.63, 3.8) is 0 Å². The summed E-state index contributed by atoms with van der Waals surface area (Å²) in [6.45, 7) is 1.40. The van der Waals surface area contributed by atoms with Gasteiger partial charge in [-0.2, -0.15) is 5.10 Å². The van der Waals surface area contributed by atoms with Gasteiger partial charge in [-0.3, -0.25) is 9.48 Å². The quantitative estimate of drug-likeness (QED) is 0.765. The summed E-state index contributed by atoms with van der Waals surface area (Å²) in [6, 6.07) is 7.31.